The largest absolute Gasteiger partial charge is 0.468 e. The summed E-state index contributed by atoms with van der Waals surface area (Å²) >= 11 is 0. The Morgan fingerprint density at radius 2 is 2.14 bits per heavy atom. The molecule has 0 saturated carbocycles. The fourth-order valence-electron chi connectivity index (χ4n) is 3.86. The van der Waals surface area contributed by atoms with E-state index in [4.69, 9.17) is 9.15 Å². The number of nitrogens with one attached hydrogen (secondary N) is 1. The van der Waals surface area contributed by atoms with Crippen molar-refractivity contribution in [2.24, 2.45) is 0 Å². The molecule has 29 heavy (non-hydrogen) atoms. The maximum Gasteiger partial charge on any atom is 0.269 e. The Bertz CT molecular complexity index is 965. The zero-order valence-corrected chi connectivity index (χ0v) is 16.8. The van der Waals surface area contributed by atoms with Crippen molar-refractivity contribution in [1.82, 2.24) is 20.2 Å². The lowest BCUT2D eigenvalue weighted by atomic mass is 9.89. The number of amides is 1. The molecule has 0 radical (unpaired) electrons. The van der Waals surface area contributed by atoms with Crippen LogP contribution in [0.2, 0.25) is 0 Å². The number of ether oxygens (including phenoxy) is 1. The Labute approximate surface area is 170 Å². The van der Waals surface area contributed by atoms with Gasteiger partial charge in [0.05, 0.1) is 17.8 Å². The van der Waals surface area contributed by atoms with E-state index in [1.807, 2.05) is 49.5 Å². The molecule has 0 unspecified atom stereocenters. The van der Waals surface area contributed by atoms with Crippen LogP contribution in [-0.2, 0) is 4.74 Å². The lowest BCUT2D eigenvalue weighted by Crippen LogP contribution is -2.34. The smallest absolute Gasteiger partial charge is 0.269 e. The Hall–Kier alpha value is -2.77. The van der Waals surface area contributed by atoms with Crippen molar-refractivity contribution >= 4 is 16.8 Å². The van der Waals surface area contributed by atoms with E-state index in [1.54, 1.807) is 12.5 Å². The van der Waals surface area contributed by atoms with Gasteiger partial charge in [0, 0.05) is 37.5 Å². The van der Waals surface area contributed by atoms with E-state index in [2.05, 4.69) is 15.3 Å². The Balaban J connectivity index is 1.58. The number of carbonyl (C=O) groups is 1. The number of furan rings is 1. The summed E-state index contributed by atoms with van der Waals surface area (Å²) < 4.78 is 11.0. The molecule has 7 nitrogen and oxygen atoms in total. The summed E-state index contributed by atoms with van der Waals surface area (Å²) in [5, 5.41) is 4.03. The van der Waals surface area contributed by atoms with Gasteiger partial charge >= 0.3 is 0 Å². The number of nitrogens with zero attached hydrogens (tertiary/aromatic N) is 3. The van der Waals surface area contributed by atoms with Crippen molar-refractivity contribution in [3.63, 3.8) is 0 Å². The molecule has 1 saturated heterocycles. The van der Waals surface area contributed by atoms with Crippen LogP contribution in [0.4, 0.5) is 0 Å². The lowest BCUT2D eigenvalue weighted by Gasteiger charge is -2.24. The summed E-state index contributed by atoms with van der Waals surface area (Å²) in [6.07, 6.45) is 7.08. The van der Waals surface area contributed by atoms with Gasteiger partial charge in [0.25, 0.3) is 5.91 Å². The second kappa shape index (κ2) is 8.71. The fourth-order valence-corrected chi connectivity index (χ4v) is 3.86. The molecule has 1 aliphatic rings. The predicted molar refractivity (Wildman–Crippen MR) is 110 cm³/mol. The van der Waals surface area contributed by atoms with Crippen molar-refractivity contribution < 1.29 is 13.9 Å². The standard InChI is InChI=1S/C22H26N4O3/c1-26(2)20(21-4-3-9-29-21)14-24-22(27)19-12-16(15-6-10-28-11-7-15)17-13-23-8-5-18(17)25-19/h3-5,8-9,12-13,15,20H,6-7,10-11,14H2,1-2H3,(H,24,27)/t20-/m1/s1. The van der Waals surface area contributed by atoms with Gasteiger partial charge in [-0.2, -0.15) is 0 Å². The quantitative estimate of drug-likeness (QED) is 0.692. The van der Waals surface area contributed by atoms with Gasteiger partial charge in [0.2, 0.25) is 0 Å². The van der Waals surface area contributed by atoms with Crippen molar-refractivity contribution in [3.05, 3.63) is 59.9 Å². The summed E-state index contributed by atoms with van der Waals surface area (Å²) in [4.78, 5) is 23.8. The highest BCUT2D eigenvalue weighted by Gasteiger charge is 2.23. The van der Waals surface area contributed by atoms with E-state index >= 15 is 0 Å². The molecule has 0 bridgehead atoms. The summed E-state index contributed by atoms with van der Waals surface area (Å²) in [5.41, 5.74) is 2.36. The summed E-state index contributed by atoms with van der Waals surface area (Å²) in [5.74, 6) is 0.980. The van der Waals surface area contributed by atoms with Gasteiger partial charge < -0.3 is 14.5 Å². The minimum atomic E-state index is -0.185. The van der Waals surface area contributed by atoms with Crippen molar-refractivity contribution in [2.75, 3.05) is 33.9 Å². The van der Waals surface area contributed by atoms with Crippen molar-refractivity contribution in [1.29, 1.82) is 0 Å². The highest BCUT2D eigenvalue weighted by Crippen LogP contribution is 2.32. The molecular formula is C22H26N4O3. The van der Waals surface area contributed by atoms with Crippen molar-refractivity contribution in [2.45, 2.75) is 24.8 Å². The number of hydrogen-bond acceptors (Lipinski definition) is 6. The average molecular weight is 394 g/mol. The second-order valence-electron chi connectivity index (χ2n) is 7.58. The molecule has 0 aromatic carbocycles. The summed E-state index contributed by atoms with van der Waals surface area (Å²) in [6.45, 7) is 1.91. The first-order valence-electron chi connectivity index (χ1n) is 9.94. The molecule has 1 aliphatic heterocycles. The van der Waals surface area contributed by atoms with E-state index in [-0.39, 0.29) is 11.9 Å². The molecule has 0 aliphatic carbocycles. The third-order valence-electron chi connectivity index (χ3n) is 5.49. The highest BCUT2D eigenvalue weighted by atomic mass is 16.5. The number of aromatic nitrogens is 2. The molecule has 4 heterocycles. The van der Waals surface area contributed by atoms with E-state index in [0.717, 1.165) is 48.3 Å². The molecule has 1 fully saturated rings. The molecule has 152 valence electrons. The van der Waals surface area contributed by atoms with Gasteiger partial charge in [-0.15, -0.1) is 0 Å². The Kier molecular flexibility index (Phi) is 5.87. The zero-order valence-electron chi connectivity index (χ0n) is 16.8. The maximum atomic E-state index is 13.0. The molecule has 1 amide bonds. The van der Waals surface area contributed by atoms with E-state index in [1.165, 1.54) is 0 Å². The predicted octanol–water partition coefficient (Wildman–Crippen LogP) is 3.15. The van der Waals surface area contributed by atoms with Crippen LogP contribution < -0.4 is 5.32 Å². The minimum absolute atomic E-state index is 0.0476. The number of fused-ring (bicyclic) bond motifs is 1. The van der Waals surface area contributed by atoms with E-state index in [0.29, 0.717) is 18.2 Å². The van der Waals surface area contributed by atoms with Crippen LogP contribution in [-0.4, -0.2) is 54.6 Å². The van der Waals surface area contributed by atoms with Crippen LogP contribution in [0.25, 0.3) is 10.9 Å². The fraction of sp³-hybridized carbons (Fsp3) is 0.409. The first-order chi connectivity index (χ1) is 14.1. The number of hydrogen-bond donors (Lipinski definition) is 1. The molecular weight excluding hydrogens is 368 g/mol. The Morgan fingerprint density at radius 1 is 1.31 bits per heavy atom. The number of likely N-dealkylation sites (N-methyl/N-ethyl adjacent to an activating group) is 1. The van der Waals surface area contributed by atoms with Gasteiger partial charge in [-0.05, 0) is 62.7 Å². The summed E-state index contributed by atoms with van der Waals surface area (Å²) in [7, 11) is 3.92. The van der Waals surface area contributed by atoms with Gasteiger partial charge in [-0.25, -0.2) is 4.98 Å². The number of carbonyl (C=O) groups excluding carboxylic acids is 1. The molecule has 7 heteroatoms. The molecule has 1 atom stereocenters. The monoisotopic (exact) mass is 394 g/mol. The SMILES string of the molecule is CN(C)[C@H](CNC(=O)c1cc(C2CCOCC2)c2cnccc2n1)c1ccco1. The zero-order chi connectivity index (χ0) is 20.2. The van der Waals surface area contributed by atoms with E-state index in [9.17, 15) is 4.79 Å². The van der Waals surface area contributed by atoms with Crippen LogP contribution in [0.1, 0.15) is 46.6 Å². The Morgan fingerprint density at radius 3 is 2.86 bits per heavy atom. The highest BCUT2D eigenvalue weighted by molar-refractivity contribution is 5.96. The van der Waals surface area contributed by atoms with Gasteiger partial charge in [0.15, 0.2) is 0 Å². The normalized spacial score (nSPS) is 16.2. The summed E-state index contributed by atoms with van der Waals surface area (Å²) in [6, 6.07) is 7.51. The van der Waals surface area contributed by atoms with E-state index < -0.39 is 0 Å². The lowest BCUT2D eigenvalue weighted by molar-refractivity contribution is 0.0855. The van der Waals surface area contributed by atoms with Crippen LogP contribution in [0.5, 0.6) is 0 Å². The number of rotatable bonds is 6. The molecule has 3 aromatic heterocycles. The third kappa shape index (κ3) is 4.31. The molecule has 4 rings (SSSR count). The molecule has 1 N–H and O–H groups in total. The van der Waals surface area contributed by atoms with Gasteiger partial charge in [0.1, 0.15) is 11.5 Å². The van der Waals surface area contributed by atoms with Crippen LogP contribution in [0, 0.1) is 0 Å². The average Bonchev–Trinajstić information content (AvgIpc) is 3.28. The minimum Gasteiger partial charge on any atom is -0.468 e. The molecule has 0 spiro atoms. The van der Waals surface area contributed by atoms with Gasteiger partial charge in [-0.1, -0.05) is 0 Å². The third-order valence-corrected chi connectivity index (χ3v) is 5.49. The van der Waals surface area contributed by atoms with Crippen LogP contribution in [0.15, 0.2) is 47.3 Å². The van der Waals surface area contributed by atoms with Crippen LogP contribution in [0.3, 0.4) is 0 Å². The van der Waals surface area contributed by atoms with Gasteiger partial charge in [-0.3, -0.25) is 14.7 Å². The first-order valence-corrected chi connectivity index (χ1v) is 9.94. The molecule has 3 aromatic rings. The number of pyridine rings is 2. The first kappa shape index (κ1) is 19.5. The topological polar surface area (TPSA) is 80.5 Å². The second-order valence-corrected chi connectivity index (χ2v) is 7.58. The van der Waals surface area contributed by atoms with Crippen molar-refractivity contribution in [3.8, 4) is 0 Å². The van der Waals surface area contributed by atoms with Crippen LogP contribution >= 0.6 is 0 Å². The maximum absolute atomic E-state index is 13.0.